The van der Waals surface area contributed by atoms with Crippen molar-refractivity contribution in [2.45, 2.75) is 33.4 Å². The van der Waals surface area contributed by atoms with Crippen LogP contribution in [-0.4, -0.2) is 44.0 Å². The van der Waals surface area contributed by atoms with Crippen LogP contribution in [0.2, 0.25) is 5.02 Å². The van der Waals surface area contributed by atoms with E-state index in [4.69, 9.17) is 11.6 Å². The molecule has 1 amide bonds. The summed E-state index contributed by atoms with van der Waals surface area (Å²) in [7, 11) is 3.55. The number of benzene rings is 1. The molecule has 0 heterocycles. The smallest absolute Gasteiger partial charge is 0.241 e. The van der Waals surface area contributed by atoms with Crippen molar-refractivity contribution in [1.29, 1.82) is 0 Å². The van der Waals surface area contributed by atoms with E-state index in [-0.39, 0.29) is 5.91 Å². The van der Waals surface area contributed by atoms with Crippen LogP contribution in [0.25, 0.3) is 0 Å². The van der Waals surface area contributed by atoms with Crippen molar-refractivity contribution in [1.82, 2.24) is 10.2 Å². The molecule has 118 valence electrons. The zero-order valence-corrected chi connectivity index (χ0v) is 14.4. The van der Waals surface area contributed by atoms with E-state index in [0.717, 1.165) is 24.3 Å². The molecule has 4 nitrogen and oxygen atoms in total. The second-order valence-electron chi connectivity index (χ2n) is 5.61. The van der Waals surface area contributed by atoms with Crippen LogP contribution in [0.5, 0.6) is 0 Å². The number of nitrogens with one attached hydrogen (secondary N) is 1. The largest absolute Gasteiger partial charge is 0.362 e. The first-order chi connectivity index (χ1) is 9.85. The van der Waals surface area contributed by atoms with Crippen molar-refractivity contribution < 1.29 is 4.79 Å². The fourth-order valence-electron chi connectivity index (χ4n) is 1.99. The van der Waals surface area contributed by atoms with Crippen molar-refractivity contribution >= 4 is 23.2 Å². The molecule has 1 N–H and O–H groups in total. The number of hydrogen-bond donors (Lipinski definition) is 1. The van der Waals surface area contributed by atoms with Crippen LogP contribution in [0, 0.1) is 0 Å². The summed E-state index contributed by atoms with van der Waals surface area (Å²) in [6.45, 7) is 8.15. The van der Waals surface area contributed by atoms with Gasteiger partial charge in [-0.2, -0.15) is 0 Å². The Morgan fingerprint density at radius 3 is 2.52 bits per heavy atom. The minimum Gasteiger partial charge on any atom is -0.362 e. The van der Waals surface area contributed by atoms with Crippen LogP contribution in [0.1, 0.15) is 26.3 Å². The second kappa shape index (κ2) is 8.25. The third-order valence-corrected chi connectivity index (χ3v) is 3.52. The lowest BCUT2D eigenvalue weighted by molar-refractivity contribution is -0.127. The van der Waals surface area contributed by atoms with Crippen molar-refractivity contribution in [2.24, 2.45) is 0 Å². The van der Waals surface area contributed by atoms with Crippen molar-refractivity contribution in [3.8, 4) is 0 Å². The molecule has 0 saturated carbocycles. The number of hydrogen-bond acceptors (Lipinski definition) is 3. The summed E-state index contributed by atoms with van der Waals surface area (Å²) >= 11 is 6.11. The summed E-state index contributed by atoms with van der Waals surface area (Å²) < 4.78 is 0. The maximum absolute atomic E-state index is 12.0. The van der Waals surface area contributed by atoms with E-state index >= 15 is 0 Å². The normalized spacial score (nSPS) is 10.8. The summed E-state index contributed by atoms with van der Waals surface area (Å²) in [4.78, 5) is 15.7. The summed E-state index contributed by atoms with van der Waals surface area (Å²) in [5.74, 6) is 0.0922. The standard InChI is InChI=1S/C16H26ClN3O/c1-6-20(11-16(21)19(4)5)15-8-7-14(17)9-13(15)10-18-12(2)3/h7-9,12,18H,6,10-11H2,1-5H3. The van der Waals surface area contributed by atoms with E-state index in [1.807, 2.05) is 18.2 Å². The minimum absolute atomic E-state index is 0.0922. The molecule has 0 spiro atoms. The van der Waals surface area contributed by atoms with Crippen LogP contribution in [0.4, 0.5) is 5.69 Å². The first-order valence-electron chi connectivity index (χ1n) is 7.32. The number of carbonyl (C=O) groups excluding carboxylic acids is 1. The maximum Gasteiger partial charge on any atom is 0.241 e. The average molecular weight is 312 g/mol. The number of likely N-dealkylation sites (N-methyl/N-ethyl adjacent to an activating group) is 2. The highest BCUT2D eigenvalue weighted by atomic mass is 35.5. The number of rotatable bonds is 7. The topological polar surface area (TPSA) is 35.6 Å². The molecule has 0 aromatic heterocycles. The molecule has 0 saturated heterocycles. The molecule has 1 rings (SSSR count). The number of carbonyl (C=O) groups is 1. The fourth-order valence-corrected chi connectivity index (χ4v) is 2.18. The van der Waals surface area contributed by atoms with Crippen LogP contribution in [0.15, 0.2) is 18.2 Å². The Bertz CT molecular complexity index is 475. The zero-order valence-electron chi connectivity index (χ0n) is 13.6. The number of anilines is 1. The van der Waals surface area contributed by atoms with Gasteiger partial charge in [0.15, 0.2) is 0 Å². The molecular weight excluding hydrogens is 286 g/mol. The molecule has 1 aromatic rings. The van der Waals surface area contributed by atoms with Gasteiger partial charge < -0.3 is 15.1 Å². The van der Waals surface area contributed by atoms with Crippen LogP contribution in [-0.2, 0) is 11.3 Å². The lowest BCUT2D eigenvalue weighted by Gasteiger charge is -2.27. The molecule has 0 atom stereocenters. The predicted octanol–water partition coefficient (Wildman–Crippen LogP) is 2.75. The second-order valence-corrected chi connectivity index (χ2v) is 6.05. The van der Waals surface area contributed by atoms with E-state index in [1.165, 1.54) is 0 Å². The summed E-state index contributed by atoms with van der Waals surface area (Å²) in [5.41, 5.74) is 2.18. The Morgan fingerprint density at radius 1 is 1.33 bits per heavy atom. The number of nitrogens with zero attached hydrogens (tertiary/aromatic N) is 2. The van der Waals surface area contributed by atoms with Crippen LogP contribution < -0.4 is 10.2 Å². The third kappa shape index (κ3) is 5.56. The lowest BCUT2D eigenvalue weighted by Crippen LogP contribution is -2.37. The van der Waals surface area contributed by atoms with Gasteiger partial charge >= 0.3 is 0 Å². The van der Waals surface area contributed by atoms with Gasteiger partial charge in [-0.25, -0.2) is 0 Å². The molecule has 0 aliphatic rings. The lowest BCUT2D eigenvalue weighted by atomic mass is 10.1. The van der Waals surface area contributed by atoms with E-state index in [9.17, 15) is 4.79 Å². The van der Waals surface area contributed by atoms with Gasteiger partial charge in [-0.15, -0.1) is 0 Å². The zero-order chi connectivity index (χ0) is 16.0. The van der Waals surface area contributed by atoms with E-state index in [0.29, 0.717) is 17.6 Å². The fraction of sp³-hybridized carbons (Fsp3) is 0.562. The van der Waals surface area contributed by atoms with E-state index in [1.54, 1.807) is 19.0 Å². The monoisotopic (exact) mass is 311 g/mol. The average Bonchev–Trinajstić information content (AvgIpc) is 2.42. The van der Waals surface area contributed by atoms with E-state index < -0.39 is 0 Å². The van der Waals surface area contributed by atoms with E-state index in [2.05, 4.69) is 31.0 Å². The minimum atomic E-state index is 0.0922. The van der Waals surface area contributed by atoms with Gasteiger partial charge in [-0.1, -0.05) is 25.4 Å². The molecule has 0 aliphatic carbocycles. The number of amides is 1. The van der Waals surface area contributed by atoms with Crippen molar-refractivity contribution in [2.75, 3.05) is 32.1 Å². The SMILES string of the molecule is CCN(CC(=O)N(C)C)c1ccc(Cl)cc1CNC(C)C. The Kier molecular flexibility index (Phi) is 6.99. The van der Waals surface area contributed by atoms with Gasteiger partial charge in [0, 0.05) is 43.9 Å². The number of halogens is 1. The van der Waals surface area contributed by atoms with Gasteiger partial charge in [-0.05, 0) is 30.7 Å². The molecule has 0 aliphatic heterocycles. The highest BCUT2D eigenvalue weighted by Gasteiger charge is 2.15. The molecule has 1 aromatic carbocycles. The first-order valence-corrected chi connectivity index (χ1v) is 7.69. The van der Waals surface area contributed by atoms with Crippen LogP contribution >= 0.6 is 11.6 Å². The van der Waals surface area contributed by atoms with Gasteiger partial charge in [-0.3, -0.25) is 4.79 Å². The maximum atomic E-state index is 12.0. The quantitative estimate of drug-likeness (QED) is 0.841. The van der Waals surface area contributed by atoms with Crippen molar-refractivity contribution in [3.05, 3.63) is 28.8 Å². The van der Waals surface area contributed by atoms with Gasteiger partial charge in [0.25, 0.3) is 0 Å². The Hall–Kier alpha value is -1.26. The molecule has 21 heavy (non-hydrogen) atoms. The highest BCUT2D eigenvalue weighted by molar-refractivity contribution is 6.30. The Labute approximate surface area is 133 Å². The summed E-state index contributed by atoms with van der Waals surface area (Å²) in [5, 5.41) is 4.12. The van der Waals surface area contributed by atoms with Gasteiger partial charge in [0.05, 0.1) is 6.54 Å². The molecule has 0 bridgehead atoms. The summed E-state index contributed by atoms with van der Waals surface area (Å²) in [6.07, 6.45) is 0. The molecule has 0 fully saturated rings. The Morgan fingerprint density at radius 2 is 2.00 bits per heavy atom. The Balaban J connectivity index is 2.99. The highest BCUT2D eigenvalue weighted by Crippen LogP contribution is 2.24. The molecule has 0 unspecified atom stereocenters. The first kappa shape index (κ1) is 17.8. The van der Waals surface area contributed by atoms with Crippen LogP contribution in [0.3, 0.4) is 0 Å². The summed E-state index contributed by atoms with van der Waals surface area (Å²) in [6, 6.07) is 6.23. The molecule has 0 radical (unpaired) electrons. The van der Waals surface area contributed by atoms with Gasteiger partial charge in [0.1, 0.15) is 0 Å². The third-order valence-electron chi connectivity index (χ3n) is 3.29. The van der Waals surface area contributed by atoms with Crippen molar-refractivity contribution in [3.63, 3.8) is 0 Å². The predicted molar refractivity (Wildman–Crippen MR) is 90.0 cm³/mol. The molecular formula is C16H26ClN3O. The molecule has 5 heteroatoms. The van der Waals surface area contributed by atoms with Gasteiger partial charge in [0.2, 0.25) is 5.91 Å².